The summed E-state index contributed by atoms with van der Waals surface area (Å²) in [6.45, 7) is 10.6. The van der Waals surface area contributed by atoms with Crippen LogP contribution in [-0.2, 0) is 13.6 Å². The molecule has 0 aromatic carbocycles. The third kappa shape index (κ3) is 2.22. The van der Waals surface area contributed by atoms with Gasteiger partial charge in [-0.05, 0) is 26.2 Å². The zero-order chi connectivity index (χ0) is 17.8. The van der Waals surface area contributed by atoms with Crippen molar-refractivity contribution in [2.75, 3.05) is 0 Å². The highest BCUT2D eigenvalue weighted by Crippen LogP contribution is 2.22. The fourth-order valence-corrected chi connectivity index (χ4v) is 3.28. The van der Waals surface area contributed by atoms with Crippen LogP contribution in [0.2, 0.25) is 0 Å². The highest BCUT2D eigenvalue weighted by molar-refractivity contribution is 5.75. The van der Waals surface area contributed by atoms with Crippen LogP contribution in [0.3, 0.4) is 0 Å². The Morgan fingerprint density at radius 1 is 1.21 bits per heavy atom. The molecule has 0 aliphatic heterocycles. The maximum atomic E-state index is 13.0. The zero-order valence-corrected chi connectivity index (χ0v) is 15.2. The molecule has 7 heteroatoms. The number of nitrogens with zero attached hydrogens (tertiary/aromatic N) is 5. The molecule has 7 nitrogen and oxygen atoms in total. The smallest absolute Gasteiger partial charge is 0.311 e. The van der Waals surface area contributed by atoms with E-state index in [1.54, 1.807) is 7.05 Å². The van der Waals surface area contributed by atoms with Gasteiger partial charge in [0.15, 0.2) is 11.2 Å². The van der Waals surface area contributed by atoms with Crippen LogP contribution >= 0.6 is 0 Å². The van der Waals surface area contributed by atoms with Crippen LogP contribution in [0.15, 0.2) is 15.8 Å². The van der Waals surface area contributed by atoms with E-state index in [9.17, 15) is 9.59 Å². The summed E-state index contributed by atoms with van der Waals surface area (Å²) in [5.41, 5.74) is 1.39. The van der Waals surface area contributed by atoms with Crippen LogP contribution in [0.4, 0.5) is 0 Å². The van der Waals surface area contributed by atoms with Crippen LogP contribution < -0.4 is 11.2 Å². The molecule has 130 valence electrons. The molecule has 1 atom stereocenters. The van der Waals surface area contributed by atoms with Gasteiger partial charge in [0, 0.05) is 31.5 Å². The van der Waals surface area contributed by atoms with Gasteiger partial charge in [-0.2, -0.15) is 4.98 Å². The van der Waals surface area contributed by atoms with Gasteiger partial charge in [0.05, 0.1) is 0 Å². The van der Waals surface area contributed by atoms with Crippen LogP contribution in [0.25, 0.3) is 16.9 Å². The number of rotatable bonds is 4. The number of hydrogen-bond acceptors (Lipinski definition) is 3. The minimum atomic E-state index is -0.311. The second-order valence-corrected chi connectivity index (χ2v) is 7.00. The van der Waals surface area contributed by atoms with Crippen molar-refractivity contribution in [1.29, 1.82) is 0 Å². The van der Waals surface area contributed by atoms with Crippen molar-refractivity contribution in [1.82, 2.24) is 23.1 Å². The molecule has 3 aromatic heterocycles. The van der Waals surface area contributed by atoms with Crippen LogP contribution in [0.5, 0.6) is 0 Å². The third-order valence-electron chi connectivity index (χ3n) is 4.65. The van der Waals surface area contributed by atoms with E-state index in [0.29, 0.717) is 23.5 Å². The zero-order valence-electron chi connectivity index (χ0n) is 15.2. The number of aromatic nitrogens is 5. The molecule has 0 aliphatic carbocycles. The van der Waals surface area contributed by atoms with Gasteiger partial charge in [-0.15, -0.1) is 0 Å². The third-order valence-corrected chi connectivity index (χ3v) is 4.65. The molecule has 0 spiro atoms. The number of aryl methyl sites for hydroxylation is 2. The van der Waals surface area contributed by atoms with Gasteiger partial charge in [-0.25, -0.2) is 4.79 Å². The van der Waals surface area contributed by atoms with Crippen LogP contribution in [0, 0.1) is 12.8 Å². The maximum absolute atomic E-state index is 13.0. The first-order chi connectivity index (χ1) is 11.3. The van der Waals surface area contributed by atoms with Gasteiger partial charge in [-0.3, -0.25) is 18.3 Å². The lowest BCUT2D eigenvalue weighted by Crippen LogP contribution is -2.40. The normalized spacial score (nSPS) is 13.5. The number of imidazole rings is 2. The van der Waals surface area contributed by atoms with E-state index in [4.69, 9.17) is 0 Å². The lowest BCUT2D eigenvalue weighted by Gasteiger charge is -2.12. The fourth-order valence-electron chi connectivity index (χ4n) is 3.28. The van der Waals surface area contributed by atoms with Crippen LogP contribution in [-0.4, -0.2) is 23.1 Å². The van der Waals surface area contributed by atoms with Crippen molar-refractivity contribution < 1.29 is 0 Å². The Labute approximate surface area is 140 Å². The molecule has 0 aliphatic rings. The Hall–Kier alpha value is -2.31. The van der Waals surface area contributed by atoms with Crippen molar-refractivity contribution in [3.63, 3.8) is 0 Å². The van der Waals surface area contributed by atoms with Crippen molar-refractivity contribution in [2.45, 2.75) is 53.6 Å². The standard InChI is InChI=1S/C17H25N5O2/c1-7-11(4)22-12(5)9-20-13-14(18-16(20)22)19(6)17(24)21(15(13)23)8-10(2)3/h9-11H,7-8H2,1-6H3. The molecule has 0 bridgehead atoms. The minimum Gasteiger partial charge on any atom is -0.311 e. The molecule has 0 saturated carbocycles. The van der Waals surface area contributed by atoms with Crippen molar-refractivity contribution >= 4 is 16.9 Å². The van der Waals surface area contributed by atoms with E-state index in [0.717, 1.165) is 12.1 Å². The molecule has 24 heavy (non-hydrogen) atoms. The van der Waals surface area contributed by atoms with E-state index in [-0.39, 0.29) is 23.2 Å². The molecule has 3 rings (SSSR count). The van der Waals surface area contributed by atoms with E-state index < -0.39 is 0 Å². The highest BCUT2D eigenvalue weighted by Gasteiger charge is 2.21. The monoisotopic (exact) mass is 331 g/mol. The summed E-state index contributed by atoms with van der Waals surface area (Å²) in [7, 11) is 1.67. The summed E-state index contributed by atoms with van der Waals surface area (Å²) in [5.74, 6) is 0.925. The summed E-state index contributed by atoms with van der Waals surface area (Å²) in [6.07, 6.45) is 2.90. The van der Waals surface area contributed by atoms with Crippen LogP contribution in [0.1, 0.15) is 45.9 Å². The molecule has 1 unspecified atom stereocenters. The second kappa shape index (κ2) is 5.65. The van der Waals surface area contributed by atoms with E-state index in [2.05, 4.69) is 23.4 Å². The summed E-state index contributed by atoms with van der Waals surface area (Å²) in [5, 5.41) is 0. The lowest BCUT2D eigenvalue weighted by atomic mass is 10.2. The first-order valence-corrected chi connectivity index (χ1v) is 8.47. The van der Waals surface area contributed by atoms with E-state index in [1.807, 2.05) is 31.4 Å². The number of hydrogen-bond donors (Lipinski definition) is 0. The largest absolute Gasteiger partial charge is 0.332 e. The number of fused-ring (bicyclic) bond motifs is 3. The predicted octanol–water partition coefficient (Wildman–Crippen LogP) is 2.08. The summed E-state index contributed by atoms with van der Waals surface area (Å²) in [4.78, 5) is 30.1. The van der Waals surface area contributed by atoms with Gasteiger partial charge in [0.25, 0.3) is 5.56 Å². The molecule has 0 radical (unpaired) electrons. The average Bonchev–Trinajstić information content (AvgIpc) is 3.03. The molecule has 3 heterocycles. The Morgan fingerprint density at radius 3 is 2.46 bits per heavy atom. The quantitative estimate of drug-likeness (QED) is 0.735. The molecule has 0 N–H and O–H groups in total. The summed E-state index contributed by atoms with van der Waals surface area (Å²) < 4.78 is 6.74. The van der Waals surface area contributed by atoms with Gasteiger partial charge in [0.2, 0.25) is 5.78 Å². The second-order valence-electron chi connectivity index (χ2n) is 7.00. The Kier molecular flexibility index (Phi) is 3.89. The van der Waals surface area contributed by atoms with Gasteiger partial charge in [-0.1, -0.05) is 20.8 Å². The molecule has 0 amide bonds. The SMILES string of the molecule is CCC(C)n1c(C)cn2c3c(=O)n(CC(C)C)c(=O)n(C)c3nc12. The predicted molar refractivity (Wildman–Crippen MR) is 94.8 cm³/mol. The molecular weight excluding hydrogens is 306 g/mol. The molecule has 3 aromatic rings. The van der Waals surface area contributed by atoms with Crippen molar-refractivity contribution in [3.05, 3.63) is 32.7 Å². The molecule has 0 saturated heterocycles. The highest BCUT2D eigenvalue weighted by atomic mass is 16.2. The average molecular weight is 331 g/mol. The van der Waals surface area contributed by atoms with Crippen molar-refractivity contribution in [2.24, 2.45) is 13.0 Å². The first-order valence-electron chi connectivity index (χ1n) is 8.47. The van der Waals surface area contributed by atoms with Gasteiger partial charge < -0.3 is 4.57 Å². The van der Waals surface area contributed by atoms with Crippen molar-refractivity contribution in [3.8, 4) is 0 Å². The molecular formula is C17H25N5O2. The Balaban J connectivity index is 2.46. The van der Waals surface area contributed by atoms with Gasteiger partial charge in [0.1, 0.15) is 0 Å². The lowest BCUT2D eigenvalue weighted by molar-refractivity contribution is 0.484. The van der Waals surface area contributed by atoms with Gasteiger partial charge >= 0.3 is 5.69 Å². The van der Waals surface area contributed by atoms with E-state index >= 15 is 0 Å². The molecule has 0 fully saturated rings. The fraction of sp³-hybridized carbons (Fsp3) is 0.588. The Morgan fingerprint density at radius 2 is 1.88 bits per heavy atom. The summed E-state index contributed by atoms with van der Waals surface area (Å²) >= 11 is 0. The van der Waals surface area contributed by atoms with E-state index in [1.165, 1.54) is 9.13 Å². The topological polar surface area (TPSA) is 66.2 Å². The summed E-state index contributed by atoms with van der Waals surface area (Å²) in [6, 6.07) is 0.272. The Bertz CT molecular complexity index is 1030. The maximum Gasteiger partial charge on any atom is 0.332 e. The minimum absolute atomic E-state index is 0.211. The first kappa shape index (κ1) is 16.5.